The van der Waals surface area contributed by atoms with Gasteiger partial charge in [-0.2, -0.15) is 0 Å². The van der Waals surface area contributed by atoms with E-state index in [1.807, 2.05) is 66.7 Å². The van der Waals surface area contributed by atoms with Crippen LogP contribution < -0.4 is 15.7 Å². The highest BCUT2D eigenvalue weighted by molar-refractivity contribution is 6.31. The minimum Gasteiger partial charge on any atom is -0.491 e. The zero-order chi connectivity index (χ0) is 22.7. The van der Waals surface area contributed by atoms with E-state index in [0.717, 1.165) is 27.2 Å². The van der Waals surface area contributed by atoms with Gasteiger partial charge < -0.3 is 15.2 Å². The van der Waals surface area contributed by atoms with E-state index >= 15 is 0 Å². The highest BCUT2D eigenvalue weighted by Gasteiger charge is 2.13. The summed E-state index contributed by atoms with van der Waals surface area (Å²) in [5.74, 6) is 0.687. The molecule has 0 aliphatic rings. The van der Waals surface area contributed by atoms with E-state index in [1.165, 1.54) is 0 Å². The van der Waals surface area contributed by atoms with Gasteiger partial charge in [-0.3, -0.25) is 9.13 Å². The monoisotopic (exact) mass is 451 g/mol. The number of fused-ring (bicyclic) bond motifs is 1. The summed E-state index contributed by atoms with van der Waals surface area (Å²) in [6, 6.07) is 21.1. The molecule has 166 valence electrons. The average molecular weight is 452 g/mol. The molecule has 0 aliphatic carbocycles. The van der Waals surface area contributed by atoms with Crippen LogP contribution >= 0.6 is 11.6 Å². The first-order chi connectivity index (χ1) is 15.4. The molecule has 3 aromatic carbocycles. The van der Waals surface area contributed by atoms with Crippen molar-refractivity contribution in [2.45, 2.75) is 19.2 Å². The van der Waals surface area contributed by atoms with Gasteiger partial charge in [0.15, 0.2) is 0 Å². The van der Waals surface area contributed by atoms with Crippen LogP contribution in [0.1, 0.15) is 22.8 Å². The van der Waals surface area contributed by atoms with Crippen LogP contribution in [0.25, 0.3) is 11.0 Å². The summed E-state index contributed by atoms with van der Waals surface area (Å²) in [5.41, 5.74) is 4.41. The molecule has 0 spiro atoms. The van der Waals surface area contributed by atoms with E-state index in [-0.39, 0.29) is 12.3 Å². The molecule has 1 aromatic heterocycles. The standard InChI is InChI=1S/C25H26ClN3O3/c1-28-22-12-9-18(13-23(22)29(2)25(28)31)24(30)16-32-20-10-7-17(8-11-20)14-27-15-19-5-3-4-6-21(19)26/h3-13,24,27,30H,14-16H2,1-2H3. The molecule has 7 heteroatoms. The van der Waals surface area contributed by atoms with Crippen molar-refractivity contribution >= 4 is 22.6 Å². The second-order valence-electron chi connectivity index (χ2n) is 7.81. The Hall–Kier alpha value is -3.06. The molecule has 6 nitrogen and oxygen atoms in total. The lowest BCUT2D eigenvalue weighted by Crippen LogP contribution is -2.19. The Kier molecular flexibility index (Phi) is 6.65. The average Bonchev–Trinajstić information content (AvgIpc) is 3.03. The third-order valence-corrected chi connectivity index (χ3v) is 5.98. The number of hydrogen-bond donors (Lipinski definition) is 2. The molecule has 4 rings (SSSR count). The third kappa shape index (κ3) is 4.72. The molecule has 0 aliphatic heterocycles. The number of halogens is 1. The van der Waals surface area contributed by atoms with Gasteiger partial charge in [0.2, 0.25) is 0 Å². The molecule has 4 aromatic rings. The van der Waals surface area contributed by atoms with Crippen molar-refractivity contribution in [2.75, 3.05) is 6.61 Å². The molecular formula is C25H26ClN3O3. The van der Waals surface area contributed by atoms with E-state index in [2.05, 4.69) is 5.32 Å². The predicted molar refractivity (Wildman–Crippen MR) is 127 cm³/mol. The van der Waals surface area contributed by atoms with Crippen LogP contribution in [0.2, 0.25) is 5.02 Å². The first-order valence-corrected chi connectivity index (χ1v) is 10.8. The van der Waals surface area contributed by atoms with Crippen molar-refractivity contribution < 1.29 is 9.84 Å². The van der Waals surface area contributed by atoms with Crippen molar-refractivity contribution in [2.24, 2.45) is 14.1 Å². The van der Waals surface area contributed by atoms with Crippen LogP contribution in [-0.4, -0.2) is 20.8 Å². The highest BCUT2D eigenvalue weighted by atomic mass is 35.5. The minimum atomic E-state index is -0.799. The van der Waals surface area contributed by atoms with Gasteiger partial charge in [-0.05, 0) is 47.0 Å². The summed E-state index contributed by atoms with van der Waals surface area (Å²) < 4.78 is 8.94. The van der Waals surface area contributed by atoms with Crippen LogP contribution in [-0.2, 0) is 27.2 Å². The van der Waals surface area contributed by atoms with Crippen LogP contribution in [0, 0.1) is 0 Å². The van der Waals surface area contributed by atoms with Gasteiger partial charge in [0.25, 0.3) is 0 Å². The molecule has 1 unspecified atom stereocenters. The number of nitrogens with one attached hydrogen (secondary N) is 1. The number of hydrogen-bond acceptors (Lipinski definition) is 4. The van der Waals surface area contributed by atoms with Crippen molar-refractivity contribution in [1.29, 1.82) is 0 Å². The summed E-state index contributed by atoms with van der Waals surface area (Å²) in [5, 5.41) is 14.7. The largest absolute Gasteiger partial charge is 0.491 e. The molecule has 0 fully saturated rings. The number of aryl methyl sites for hydroxylation is 2. The number of benzene rings is 3. The summed E-state index contributed by atoms with van der Waals surface area (Å²) >= 11 is 6.18. The number of aliphatic hydroxyl groups is 1. The fraction of sp³-hybridized carbons (Fsp3) is 0.240. The van der Waals surface area contributed by atoms with Crippen molar-refractivity contribution in [3.8, 4) is 5.75 Å². The van der Waals surface area contributed by atoms with Gasteiger partial charge in [0.1, 0.15) is 18.5 Å². The number of rotatable bonds is 8. The lowest BCUT2D eigenvalue weighted by Gasteiger charge is -2.14. The molecule has 0 bridgehead atoms. The Morgan fingerprint density at radius 1 is 0.969 bits per heavy atom. The van der Waals surface area contributed by atoms with E-state index in [9.17, 15) is 9.90 Å². The number of nitrogens with zero attached hydrogens (tertiary/aromatic N) is 2. The zero-order valence-electron chi connectivity index (χ0n) is 18.1. The van der Waals surface area contributed by atoms with E-state index < -0.39 is 6.10 Å². The van der Waals surface area contributed by atoms with Gasteiger partial charge >= 0.3 is 5.69 Å². The summed E-state index contributed by atoms with van der Waals surface area (Å²) in [4.78, 5) is 12.1. The molecular weight excluding hydrogens is 426 g/mol. The van der Waals surface area contributed by atoms with E-state index in [4.69, 9.17) is 16.3 Å². The van der Waals surface area contributed by atoms with Crippen LogP contribution in [0.15, 0.2) is 71.5 Å². The number of aliphatic hydroxyl groups excluding tert-OH is 1. The van der Waals surface area contributed by atoms with Gasteiger partial charge in [0.05, 0.1) is 11.0 Å². The van der Waals surface area contributed by atoms with Gasteiger partial charge in [-0.25, -0.2) is 4.79 Å². The molecule has 0 radical (unpaired) electrons. The van der Waals surface area contributed by atoms with Crippen molar-refractivity contribution in [1.82, 2.24) is 14.5 Å². The maximum Gasteiger partial charge on any atom is 0.328 e. The number of imidazole rings is 1. The molecule has 0 saturated carbocycles. The smallest absolute Gasteiger partial charge is 0.328 e. The van der Waals surface area contributed by atoms with Gasteiger partial charge in [-0.1, -0.05) is 48.0 Å². The first kappa shape index (κ1) is 22.1. The van der Waals surface area contributed by atoms with Gasteiger partial charge in [0, 0.05) is 32.2 Å². The second-order valence-corrected chi connectivity index (χ2v) is 8.22. The number of ether oxygens (including phenoxy) is 1. The lowest BCUT2D eigenvalue weighted by atomic mass is 10.1. The maximum atomic E-state index is 12.1. The molecule has 0 amide bonds. The molecule has 0 saturated heterocycles. The second kappa shape index (κ2) is 9.61. The van der Waals surface area contributed by atoms with Crippen LogP contribution in [0.3, 0.4) is 0 Å². The normalized spacial score (nSPS) is 12.2. The Bertz CT molecular complexity index is 1280. The highest BCUT2D eigenvalue weighted by Crippen LogP contribution is 2.21. The Morgan fingerprint density at radius 3 is 2.44 bits per heavy atom. The summed E-state index contributed by atoms with van der Waals surface area (Å²) in [6.45, 7) is 1.53. The maximum absolute atomic E-state index is 12.1. The fourth-order valence-electron chi connectivity index (χ4n) is 3.69. The van der Waals surface area contributed by atoms with Gasteiger partial charge in [-0.15, -0.1) is 0 Å². The topological polar surface area (TPSA) is 68.4 Å². The van der Waals surface area contributed by atoms with Crippen molar-refractivity contribution in [3.63, 3.8) is 0 Å². The van der Waals surface area contributed by atoms with E-state index in [0.29, 0.717) is 24.4 Å². The van der Waals surface area contributed by atoms with Crippen LogP contribution in [0.5, 0.6) is 5.75 Å². The molecule has 1 heterocycles. The Balaban J connectivity index is 1.32. The quantitative estimate of drug-likeness (QED) is 0.426. The summed E-state index contributed by atoms with van der Waals surface area (Å²) in [7, 11) is 3.46. The Morgan fingerprint density at radius 2 is 1.69 bits per heavy atom. The SMILES string of the molecule is Cn1c(=O)n(C)c2cc(C(O)COc3ccc(CNCc4ccccc4Cl)cc3)ccc21. The van der Waals surface area contributed by atoms with Crippen LogP contribution in [0.4, 0.5) is 0 Å². The zero-order valence-corrected chi connectivity index (χ0v) is 18.8. The fourth-order valence-corrected chi connectivity index (χ4v) is 3.89. The Labute approximate surface area is 191 Å². The summed E-state index contributed by atoms with van der Waals surface area (Å²) in [6.07, 6.45) is -0.799. The minimum absolute atomic E-state index is 0.0932. The molecule has 1 atom stereocenters. The third-order valence-electron chi connectivity index (χ3n) is 5.61. The molecule has 2 N–H and O–H groups in total. The predicted octanol–water partition coefficient (Wildman–Crippen LogP) is 3.93. The lowest BCUT2D eigenvalue weighted by molar-refractivity contribution is 0.108. The number of aromatic nitrogens is 2. The van der Waals surface area contributed by atoms with Crippen molar-refractivity contribution in [3.05, 3.63) is 98.9 Å². The first-order valence-electron chi connectivity index (χ1n) is 10.4. The van der Waals surface area contributed by atoms with E-state index in [1.54, 1.807) is 23.2 Å². The molecule has 32 heavy (non-hydrogen) atoms.